The highest BCUT2D eigenvalue weighted by Gasteiger charge is 2.29. The first-order valence-electron chi connectivity index (χ1n) is 5.42. The summed E-state index contributed by atoms with van der Waals surface area (Å²) in [6.45, 7) is 3.84. The summed E-state index contributed by atoms with van der Waals surface area (Å²) < 4.78 is 0. The lowest BCUT2D eigenvalue weighted by atomic mass is 9.89. The first kappa shape index (κ1) is 11.1. The van der Waals surface area contributed by atoms with Gasteiger partial charge in [-0.3, -0.25) is 0 Å². The second kappa shape index (κ2) is 3.89. The Hall–Kier alpha value is -1.38. The van der Waals surface area contributed by atoms with E-state index in [-0.39, 0.29) is 5.92 Å². The second-order valence-electron chi connectivity index (χ2n) is 4.40. The molecule has 0 amide bonds. The minimum absolute atomic E-state index is 0.298. The average Bonchev–Trinajstić information content (AvgIpc) is 2.22. The Kier molecular flexibility index (Phi) is 2.70. The van der Waals surface area contributed by atoms with Gasteiger partial charge in [-0.15, -0.1) is 0 Å². The van der Waals surface area contributed by atoms with Crippen LogP contribution in [0.1, 0.15) is 18.1 Å². The number of rotatable bonds is 1. The largest absolute Gasteiger partial charge is 0.362 e. The molecule has 2 N–H and O–H groups in total. The van der Waals surface area contributed by atoms with Crippen molar-refractivity contribution in [2.24, 2.45) is 5.92 Å². The molecule has 0 spiro atoms. The molecular weight excluding hydrogens is 200 g/mol. The third kappa shape index (κ3) is 2.08. The van der Waals surface area contributed by atoms with E-state index >= 15 is 0 Å². The topological polar surface area (TPSA) is 40.5 Å². The van der Waals surface area contributed by atoms with Crippen LogP contribution < -0.4 is 0 Å². The van der Waals surface area contributed by atoms with Crippen molar-refractivity contribution in [1.29, 1.82) is 0 Å². The van der Waals surface area contributed by atoms with E-state index in [0.717, 1.165) is 11.1 Å². The smallest absolute Gasteiger partial charge is 0.189 e. The van der Waals surface area contributed by atoms with Crippen molar-refractivity contribution < 1.29 is 10.2 Å². The molecule has 16 heavy (non-hydrogen) atoms. The Morgan fingerprint density at radius 1 is 1.25 bits per heavy atom. The fraction of sp³-hybridized carbons (Fsp3) is 0.286. The summed E-state index contributed by atoms with van der Waals surface area (Å²) in [4.78, 5) is 0. The fourth-order valence-electron chi connectivity index (χ4n) is 1.83. The molecule has 0 radical (unpaired) electrons. The zero-order valence-electron chi connectivity index (χ0n) is 9.51. The van der Waals surface area contributed by atoms with Gasteiger partial charge < -0.3 is 10.2 Å². The van der Waals surface area contributed by atoms with Crippen molar-refractivity contribution in [2.45, 2.75) is 19.6 Å². The minimum Gasteiger partial charge on any atom is -0.362 e. The van der Waals surface area contributed by atoms with Gasteiger partial charge in [0.15, 0.2) is 5.79 Å². The molecule has 0 bridgehead atoms. The third-order valence-electron chi connectivity index (χ3n) is 2.96. The Morgan fingerprint density at radius 2 is 2.00 bits per heavy atom. The van der Waals surface area contributed by atoms with Crippen LogP contribution in [0.4, 0.5) is 0 Å². The van der Waals surface area contributed by atoms with Crippen molar-refractivity contribution in [2.75, 3.05) is 0 Å². The van der Waals surface area contributed by atoms with E-state index in [9.17, 15) is 10.2 Å². The number of hydrogen-bond acceptors (Lipinski definition) is 2. The number of aryl methyl sites for hydroxylation is 1. The zero-order valence-corrected chi connectivity index (χ0v) is 9.51. The van der Waals surface area contributed by atoms with E-state index in [1.54, 1.807) is 13.0 Å². The molecular formula is C14H16O2. The summed E-state index contributed by atoms with van der Waals surface area (Å²) in [5.41, 5.74) is 3.35. The standard InChI is InChI=1S/C14H16O2/c1-10-4-3-5-12(8-10)13-6-7-14(15,16)11(2)9-13/h3-9,11,15-16H,1-2H3. The van der Waals surface area contributed by atoms with Gasteiger partial charge in [-0.05, 0) is 24.1 Å². The Bertz CT molecular complexity index is 456. The zero-order chi connectivity index (χ0) is 11.8. The maximum atomic E-state index is 9.59. The molecule has 1 atom stereocenters. The summed E-state index contributed by atoms with van der Waals surface area (Å²) in [5, 5.41) is 19.2. The summed E-state index contributed by atoms with van der Waals surface area (Å²) in [5.74, 6) is -2.01. The predicted molar refractivity (Wildman–Crippen MR) is 64.6 cm³/mol. The molecule has 2 heteroatoms. The van der Waals surface area contributed by atoms with E-state index < -0.39 is 5.79 Å². The van der Waals surface area contributed by atoms with E-state index in [2.05, 4.69) is 6.07 Å². The van der Waals surface area contributed by atoms with E-state index in [1.165, 1.54) is 11.6 Å². The molecule has 1 unspecified atom stereocenters. The lowest BCUT2D eigenvalue weighted by molar-refractivity contribution is -0.143. The molecule has 1 aromatic carbocycles. The molecule has 1 aliphatic rings. The van der Waals surface area contributed by atoms with Gasteiger partial charge in [0.2, 0.25) is 0 Å². The molecule has 0 saturated carbocycles. The molecule has 1 aromatic rings. The lowest BCUT2D eigenvalue weighted by Crippen LogP contribution is -2.34. The summed E-state index contributed by atoms with van der Waals surface area (Å²) in [6.07, 6.45) is 5.08. The number of hydrogen-bond donors (Lipinski definition) is 2. The van der Waals surface area contributed by atoms with E-state index in [4.69, 9.17) is 0 Å². The number of benzene rings is 1. The summed E-state index contributed by atoms with van der Waals surface area (Å²) >= 11 is 0. The van der Waals surface area contributed by atoms with Crippen LogP contribution in [-0.4, -0.2) is 16.0 Å². The van der Waals surface area contributed by atoms with Gasteiger partial charge in [0, 0.05) is 5.92 Å². The van der Waals surface area contributed by atoms with Crippen molar-refractivity contribution in [3.63, 3.8) is 0 Å². The highest BCUT2D eigenvalue weighted by atomic mass is 16.5. The minimum atomic E-state index is -1.71. The molecule has 2 nitrogen and oxygen atoms in total. The van der Waals surface area contributed by atoms with Gasteiger partial charge in [-0.1, -0.05) is 48.9 Å². The van der Waals surface area contributed by atoms with Gasteiger partial charge >= 0.3 is 0 Å². The Morgan fingerprint density at radius 3 is 2.62 bits per heavy atom. The monoisotopic (exact) mass is 216 g/mol. The van der Waals surface area contributed by atoms with Crippen molar-refractivity contribution >= 4 is 5.57 Å². The summed E-state index contributed by atoms with van der Waals surface area (Å²) in [6, 6.07) is 8.16. The maximum Gasteiger partial charge on any atom is 0.189 e. The number of allylic oxidation sites excluding steroid dienone is 2. The van der Waals surface area contributed by atoms with Crippen molar-refractivity contribution in [3.05, 3.63) is 53.6 Å². The molecule has 0 heterocycles. The highest BCUT2D eigenvalue weighted by molar-refractivity contribution is 5.75. The maximum absolute atomic E-state index is 9.59. The SMILES string of the molecule is Cc1cccc(C2=CC(C)C(O)(O)C=C2)c1. The van der Waals surface area contributed by atoms with E-state index in [0.29, 0.717) is 0 Å². The fourth-order valence-corrected chi connectivity index (χ4v) is 1.83. The predicted octanol–water partition coefficient (Wildman–Crippen LogP) is 2.27. The van der Waals surface area contributed by atoms with Crippen molar-refractivity contribution in [1.82, 2.24) is 0 Å². The highest BCUT2D eigenvalue weighted by Crippen LogP contribution is 2.29. The van der Waals surface area contributed by atoms with Crippen molar-refractivity contribution in [3.8, 4) is 0 Å². The first-order valence-corrected chi connectivity index (χ1v) is 5.42. The second-order valence-corrected chi connectivity index (χ2v) is 4.40. The third-order valence-corrected chi connectivity index (χ3v) is 2.96. The van der Waals surface area contributed by atoms with E-state index in [1.807, 2.05) is 31.2 Å². The van der Waals surface area contributed by atoms with Crippen LogP contribution in [0.5, 0.6) is 0 Å². The Labute approximate surface area is 95.6 Å². The quantitative estimate of drug-likeness (QED) is 0.707. The van der Waals surface area contributed by atoms with Gasteiger partial charge in [0.25, 0.3) is 0 Å². The molecule has 0 fully saturated rings. The van der Waals surface area contributed by atoms with Crippen LogP contribution in [0.3, 0.4) is 0 Å². The lowest BCUT2D eigenvalue weighted by Gasteiger charge is -2.27. The molecule has 0 saturated heterocycles. The molecule has 2 rings (SSSR count). The normalized spacial score (nSPS) is 23.0. The first-order chi connectivity index (χ1) is 7.49. The Balaban J connectivity index is 2.35. The molecule has 0 aliphatic heterocycles. The van der Waals surface area contributed by atoms with Gasteiger partial charge in [0.05, 0.1) is 0 Å². The van der Waals surface area contributed by atoms with Gasteiger partial charge in [-0.25, -0.2) is 0 Å². The van der Waals surface area contributed by atoms with Crippen LogP contribution in [0, 0.1) is 12.8 Å². The number of aliphatic hydroxyl groups is 2. The van der Waals surface area contributed by atoms with Crippen LogP contribution in [0.25, 0.3) is 5.57 Å². The molecule has 84 valence electrons. The van der Waals surface area contributed by atoms with Crippen LogP contribution in [0.2, 0.25) is 0 Å². The van der Waals surface area contributed by atoms with Gasteiger partial charge in [0.1, 0.15) is 0 Å². The molecule has 0 aromatic heterocycles. The van der Waals surface area contributed by atoms with Crippen LogP contribution in [-0.2, 0) is 0 Å². The van der Waals surface area contributed by atoms with Crippen LogP contribution in [0.15, 0.2) is 42.5 Å². The van der Waals surface area contributed by atoms with Crippen LogP contribution >= 0.6 is 0 Å². The molecule has 1 aliphatic carbocycles. The van der Waals surface area contributed by atoms with Gasteiger partial charge in [-0.2, -0.15) is 0 Å². The summed E-state index contributed by atoms with van der Waals surface area (Å²) in [7, 11) is 0. The average molecular weight is 216 g/mol.